The molecular weight excluding hydrogens is 428 g/mol. The molecular formula is C23H20N4O2S2. The molecule has 4 rings (SSSR count). The maximum Gasteiger partial charge on any atom is 0.250 e. The quantitative estimate of drug-likeness (QED) is 0.238. The minimum absolute atomic E-state index is 0.197. The number of aromatic nitrogens is 2. The van der Waals surface area contributed by atoms with E-state index in [1.165, 1.54) is 33.9 Å². The first-order valence-electron chi connectivity index (χ1n) is 9.62. The normalized spacial score (nSPS) is 11.1. The highest BCUT2D eigenvalue weighted by Crippen LogP contribution is 2.22. The van der Waals surface area contributed by atoms with E-state index in [1.807, 2.05) is 49.4 Å². The Hall–Kier alpha value is -3.23. The number of hydrazone groups is 1. The van der Waals surface area contributed by atoms with Crippen molar-refractivity contribution in [1.82, 2.24) is 15.6 Å². The van der Waals surface area contributed by atoms with Crippen LogP contribution in [0.4, 0.5) is 0 Å². The summed E-state index contributed by atoms with van der Waals surface area (Å²) in [6.45, 7) is 2.35. The van der Waals surface area contributed by atoms with E-state index in [2.05, 4.69) is 45.0 Å². The minimum Gasteiger partial charge on any atom is -0.489 e. The molecule has 8 heteroatoms. The molecule has 1 N–H and O–H groups in total. The van der Waals surface area contributed by atoms with Gasteiger partial charge in [0, 0.05) is 0 Å². The fourth-order valence-corrected chi connectivity index (χ4v) is 4.55. The number of carbonyl (C=O) groups excluding carboxylic acids is 1. The second kappa shape index (κ2) is 10.2. The Kier molecular flexibility index (Phi) is 6.91. The number of carbonyl (C=O) groups is 1. The molecule has 1 heterocycles. The molecule has 4 aromatic rings. The van der Waals surface area contributed by atoms with Gasteiger partial charge in [-0.15, -0.1) is 10.2 Å². The number of nitrogens with one attached hydrogen (secondary N) is 1. The van der Waals surface area contributed by atoms with Gasteiger partial charge in [0.1, 0.15) is 17.4 Å². The molecule has 0 bridgehead atoms. The number of fused-ring (bicyclic) bond motifs is 1. The van der Waals surface area contributed by atoms with Gasteiger partial charge in [-0.05, 0) is 41.0 Å². The standard InChI is InChI=1S/C23H20N4O2S2/c1-16-25-27-23(31-16)30-15-22(28)26-24-13-17-6-4-10-20(12-17)29-14-19-9-5-8-18-7-2-3-11-21(18)19/h2-13H,14-15H2,1H3,(H,26,28). The summed E-state index contributed by atoms with van der Waals surface area (Å²) < 4.78 is 6.76. The smallest absolute Gasteiger partial charge is 0.250 e. The van der Waals surface area contributed by atoms with Crippen LogP contribution in [-0.4, -0.2) is 28.1 Å². The van der Waals surface area contributed by atoms with E-state index >= 15 is 0 Å². The number of benzene rings is 3. The zero-order valence-electron chi connectivity index (χ0n) is 16.8. The van der Waals surface area contributed by atoms with E-state index in [0.29, 0.717) is 6.61 Å². The van der Waals surface area contributed by atoms with Crippen LogP contribution < -0.4 is 10.2 Å². The van der Waals surface area contributed by atoms with Gasteiger partial charge in [0.05, 0.1) is 12.0 Å². The molecule has 0 aliphatic rings. The van der Waals surface area contributed by atoms with Gasteiger partial charge in [0.15, 0.2) is 4.34 Å². The third-order valence-electron chi connectivity index (χ3n) is 4.37. The molecule has 0 spiro atoms. The van der Waals surface area contributed by atoms with Crippen LogP contribution in [0.1, 0.15) is 16.1 Å². The van der Waals surface area contributed by atoms with Crippen LogP contribution in [-0.2, 0) is 11.4 Å². The number of hydrogen-bond acceptors (Lipinski definition) is 7. The Balaban J connectivity index is 1.31. The van der Waals surface area contributed by atoms with E-state index in [1.54, 1.807) is 6.21 Å². The Morgan fingerprint density at radius 1 is 1.13 bits per heavy atom. The fourth-order valence-electron chi connectivity index (χ4n) is 2.94. The second-order valence-electron chi connectivity index (χ2n) is 6.67. The van der Waals surface area contributed by atoms with Gasteiger partial charge in [-0.25, -0.2) is 5.43 Å². The Bertz CT molecular complexity index is 1220. The minimum atomic E-state index is -0.197. The van der Waals surface area contributed by atoms with Crippen molar-refractivity contribution >= 4 is 46.0 Å². The first-order valence-corrected chi connectivity index (χ1v) is 11.4. The zero-order valence-corrected chi connectivity index (χ0v) is 18.5. The number of rotatable bonds is 8. The van der Waals surface area contributed by atoms with Crippen molar-refractivity contribution in [3.8, 4) is 5.75 Å². The fraction of sp³-hybridized carbons (Fsp3) is 0.130. The number of ether oxygens (including phenoxy) is 1. The SMILES string of the molecule is Cc1nnc(SCC(=O)NN=Cc2cccc(OCc3cccc4ccccc34)c2)s1. The maximum absolute atomic E-state index is 11.9. The van der Waals surface area contributed by atoms with Crippen molar-refractivity contribution < 1.29 is 9.53 Å². The molecule has 0 aliphatic heterocycles. The second-order valence-corrected chi connectivity index (χ2v) is 9.07. The number of nitrogens with zero attached hydrogens (tertiary/aromatic N) is 3. The molecule has 3 aromatic carbocycles. The molecule has 1 aromatic heterocycles. The molecule has 156 valence electrons. The topological polar surface area (TPSA) is 76.5 Å². The summed E-state index contributed by atoms with van der Waals surface area (Å²) in [5.74, 6) is 0.781. The van der Waals surface area contributed by atoms with Crippen LogP contribution in [0.5, 0.6) is 5.75 Å². The average molecular weight is 449 g/mol. The predicted molar refractivity (Wildman–Crippen MR) is 126 cm³/mol. The molecule has 31 heavy (non-hydrogen) atoms. The lowest BCUT2D eigenvalue weighted by Crippen LogP contribution is -2.19. The largest absolute Gasteiger partial charge is 0.489 e. The van der Waals surface area contributed by atoms with Gasteiger partial charge < -0.3 is 4.74 Å². The molecule has 0 fully saturated rings. The third kappa shape index (κ3) is 5.90. The molecule has 0 atom stereocenters. The van der Waals surface area contributed by atoms with E-state index in [9.17, 15) is 4.79 Å². The maximum atomic E-state index is 11.9. The number of thioether (sulfide) groups is 1. The molecule has 0 saturated carbocycles. The van der Waals surface area contributed by atoms with Crippen LogP contribution in [0.3, 0.4) is 0 Å². The summed E-state index contributed by atoms with van der Waals surface area (Å²) >= 11 is 2.81. The van der Waals surface area contributed by atoms with Crippen LogP contribution in [0.2, 0.25) is 0 Å². The summed E-state index contributed by atoms with van der Waals surface area (Å²) in [5, 5.41) is 15.2. The molecule has 1 amide bonds. The monoisotopic (exact) mass is 448 g/mol. The van der Waals surface area contributed by atoms with Crippen molar-refractivity contribution in [1.29, 1.82) is 0 Å². The number of amides is 1. The van der Waals surface area contributed by atoms with Crippen LogP contribution in [0.15, 0.2) is 76.2 Å². The predicted octanol–water partition coefficient (Wildman–Crippen LogP) is 4.82. The van der Waals surface area contributed by atoms with E-state index in [0.717, 1.165) is 26.2 Å². The lowest BCUT2D eigenvalue weighted by molar-refractivity contribution is -0.118. The molecule has 0 aliphatic carbocycles. The first-order chi connectivity index (χ1) is 15.2. The van der Waals surface area contributed by atoms with Gasteiger partial charge in [-0.1, -0.05) is 77.7 Å². The third-order valence-corrected chi connectivity index (χ3v) is 6.34. The Morgan fingerprint density at radius 2 is 1.97 bits per heavy atom. The van der Waals surface area contributed by atoms with Gasteiger partial charge in [0.2, 0.25) is 0 Å². The van der Waals surface area contributed by atoms with Crippen molar-refractivity contribution in [3.63, 3.8) is 0 Å². The summed E-state index contributed by atoms with van der Waals surface area (Å²) in [5.41, 5.74) is 4.50. The van der Waals surface area contributed by atoms with Gasteiger partial charge in [0.25, 0.3) is 5.91 Å². The average Bonchev–Trinajstić information content (AvgIpc) is 3.22. The van der Waals surface area contributed by atoms with Crippen LogP contribution in [0, 0.1) is 6.92 Å². The molecule has 0 saturated heterocycles. The number of aryl methyl sites for hydroxylation is 1. The molecule has 0 radical (unpaired) electrons. The highest BCUT2D eigenvalue weighted by Gasteiger charge is 2.06. The lowest BCUT2D eigenvalue weighted by Gasteiger charge is -2.09. The van der Waals surface area contributed by atoms with Crippen molar-refractivity contribution in [3.05, 3.63) is 82.9 Å². The Morgan fingerprint density at radius 3 is 2.84 bits per heavy atom. The van der Waals surface area contributed by atoms with Gasteiger partial charge in [-0.3, -0.25) is 4.79 Å². The van der Waals surface area contributed by atoms with Gasteiger partial charge in [-0.2, -0.15) is 5.10 Å². The zero-order chi connectivity index (χ0) is 21.5. The van der Waals surface area contributed by atoms with Crippen molar-refractivity contribution in [2.24, 2.45) is 5.10 Å². The van der Waals surface area contributed by atoms with Crippen LogP contribution in [0.25, 0.3) is 10.8 Å². The van der Waals surface area contributed by atoms with Crippen molar-refractivity contribution in [2.75, 3.05) is 5.75 Å². The highest BCUT2D eigenvalue weighted by atomic mass is 32.2. The van der Waals surface area contributed by atoms with E-state index in [4.69, 9.17) is 4.74 Å². The lowest BCUT2D eigenvalue weighted by atomic mass is 10.1. The highest BCUT2D eigenvalue weighted by molar-refractivity contribution is 8.01. The molecule has 0 unspecified atom stereocenters. The molecule has 6 nitrogen and oxygen atoms in total. The Labute approximate surface area is 188 Å². The van der Waals surface area contributed by atoms with Gasteiger partial charge >= 0.3 is 0 Å². The number of hydrogen-bond donors (Lipinski definition) is 1. The van der Waals surface area contributed by atoms with Crippen LogP contribution >= 0.6 is 23.1 Å². The first kappa shape index (κ1) is 21.0. The summed E-state index contributed by atoms with van der Waals surface area (Å²) in [4.78, 5) is 11.9. The van der Waals surface area contributed by atoms with E-state index < -0.39 is 0 Å². The van der Waals surface area contributed by atoms with E-state index in [-0.39, 0.29) is 11.7 Å². The summed E-state index contributed by atoms with van der Waals surface area (Å²) in [7, 11) is 0. The summed E-state index contributed by atoms with van der Waals surface area (Å²) in [6.07, 6.45) is 1.60. The summed E-state index contributed by atoms with van der Waals surface area (Å²) in [6, 6.07) is 22.1. The van der Waals surface area contributed by atoms with Crippen molar-refractivity contribution in [2.45, 2.75) is 17.9 Å².